The van der Waals surface area contributed by atoms with E-state index in [1.165, 1.54) is 0 Å². The van der Waals surface area contributed by atoms with Gasteiger partial charge in [0.05, 0.1) is 0 Å². The number of thiocarbonyl (C=S) groups is 1. The molecular weight excluding hydrogens is 175 g/mol. The zero-order chi connectivity index (χ0) is 7.44. The Hall–Kier alpha value is 1.07. The Morgan fingerprint density at radius 1 is 1.60 bits per heavy atom. The Bertz CT molecular complexity index is 108. The smallest absolute Gasteiger partial charge is 0.412 e. The first-order chi connectivity index (χ1) is 4.04. The predicted molar refractivity (Wildman–Crippen MR) is 46.2 cm³/mol. The molecule has 10 heavy (non-hydrogen) atoms. The van der Waals surface area contributed by atoms with Gasteiger partial charge >= 0.3 is 29.6 Å². The molecule has 0 aromatic rings. The molecule has 0 saturated heterocycles. The second kappa shape index (κ2) is 6.76. The van der Waals surface area contributed by atoms with Crippen LogP contribution in [0.5, 0.6) is 0 Å². The molecule has 0 saturated carbocycles. The Balaban J connectivity index is 0. The molecule has 3 N–H and O–H groups in total. The van der Waals surface area contributed by atoms with Crippen molar-refractivity contribution in [2.45, 2.75) is 25.9 Å². The minimum atomic E-state index is 0. The van der Waals surface area contributed by atoms with Crippen molar-refractivity contribution in [3.63, 3.8) is 0 Å². The molecule has 0 aliphatic carbocycles. The van der Waals surface area contributed by atoms with Gasteiger partial charge in [0.1, 0.15) is 0 Å². The van der Waals surface area contributed by atoms with Gasteiger partial charge in [-0.25, -0.2) is 0 Å². The van der Waals surface area contributed by atoms with Crippen molar-refractivity contribution in [1.82, 2.24) is 5.32 Å². The van der Waals surface area contributed by atoms with Crippen LogP contribution < -0.4 is 40.6 Å². The summed E-state index contributed by atoms with van der Waals surface area (Å²) >= 11 is 9.28. The first-order valence-electron chi connectivity index (χ1n) is 2.77. The molecule has 0 fully saturated rings. The van der Waals surface area contributed by atoms with Crippen LogP contribution in [0.25, 0.3) is 0 Å². The maximum Gasteiger partial charge on any atom is 1.00 e. The molecule has 2 atom stereocenters. The molecule has 54 valence electrons. The fourth-order valence-corrected chi connectivity index (χ4v) is 0.689. The molecule has 0 aliphatic rings. The molecule has 0 aromatic heterocycles. The van der Waals surface area contributed by atoms with E-state index in [0.717, 1.165) is 0 Å². The Kier molecular flexibility index (Phi) is 9.22. The standard InChI is InChI=1S/C5H12N2S2.Na/c1-3(6)4(2)7-5(8)9;/h3-4H,6H2,1-2H3,(H2,7,8,9);/q;+1/p-1. The van der Waals surface area contributed by atoms with Gasteiger partial charge in [0.2, 0.25) is 0 Å². The molecule has 2 unspecified atom stereocenters. The molecule has 0 heterocycles. The maximum atomic E-state index is 5.52. The van der Waals surface area contributed by atoms with Crippen LogP contribution in [0.1, 0.15) is 13.8 Å². The van der Waals surface area contributed by atoms with Gasteiger partial charge < -0.3 is 35.9 Å². The summed E-state index contributed by atoms with van der Waals surface area (Å²) in [6, 6.07) is 0.265. The number of hydrogen-bond donors (Lipinski definition) is 2. The summed E-state index contributed by atoms with van der Waals surface area (Å²) < 4.78 is 0.389. The van der Waals surface area contributed by atoms with E-state index in [1.807, 2.05) is 13.8 Å². The van der Waals surface area contributed by atoms with Crippen LogP contribution in [0.3, 0.4) is 0 Å². The van der Waals surface area contributed by atoms with Crippen molar-refractivity contribution in [2.75, 3.05) is 0 Å². The first-order valence-corrected chi connectivity index (χ1v) is 3.58. The van der Waals surface area contributed by atoms with E-state index in [9.17, 15) is 0 Å². The van der Waals surface area contributed by atoms with Crippen molar-refractivity contribution in [2.24, 2.45) is 5.73 Å². The van der Waals surface area contributed by atoms with Gasteiger partial charge in [-0.3, -0.25) is 0 Å². The van der Waals surface area contributed by atoms with Crippen molar-refractivity contribution in [3.05, 3.63) is 0 Å². The zero-order valence-electron chi connectivity index (χ0n) is 6.55. The van der Waals surface area contributed by atoms with Gasteiger partial charge in [-0.1, -0.05) is 4.32 Å². The van der Waals surface area contributed by atoms with Crippen LogP contribution in [0.15, 0.2) is 0 Å². The van der Waals surface area contributed by atoms with Gasteiger partial charge in [0, 0.05) is 12.1 Å². The summed E-state index contributed by atoms with van der Waals surface area (Å²) in [6.45, 7) is 3.86. The molecule has 0 bridgehead atoms. The van der Waals surface area contributed by atoms with Gasteiger partial charge in [-0.05, 0) is 13.8 Å². The molecule has 5 heteroatoms. The summed E-state index contributed by atoms with van der Waals surface area (Å²) in [5, 5.41) is 2.86. The van der Waals surface area contributed by atoms with E-state index in [2.05, 4.69) is 30.2 Å². The molecule has 0 radical (unpaired) electrons. The number of rotatable bonds is 2. The van der Waals surface area contributed by atoms with E-state index in [4.69, 9.17) is 5.73 Å². The molecule has 0 amide bonds. The quantitative estimate of drug-likeness (QED) is 0.277. The Morgan fingerprint density at radius 3 is 2.10 bits per heavy atom. The van der Waals surface area contributed by atoms with Crippen LogP contribution in [-0.4, -0.2) is 16.4 Å². The first kappa shape index (κ1) is 13.6. The second-order valence-corrected chi connectivity index (χ2v) is 3.15. The summed E-state index contributed by atoms with van der Waals surface area (Å²) in [4.78, 5) is 0. The van der Waals surface area contributed by atoms with Crippen LogP contribution in [0, 0.1) is 0 Å². The van der Waals surface area contributed by atoms with E-state index < -0.39 is 0 Å². The predicted octanol–water partition coefficient (Wildman–Crippen LogP) is -2.85. The van der Waals surface area contributed by atoms with Crippen molar-refractivity contribution < 1.29 is 29.6 Å². The topological polar surface area (TPSA) is 38.0 Å². The molecule has 0 spiro atoms. The van der Waals surface area contributed by atoms with Gasteiger partial charge in [0.15, 0.2) is 0 Å². The van der Waals surface area contributed by atoms with E-state index in [0.29, 0.717) is 4.32 Å². The normalized spacial score (nSPS) is 14.7. The van der Waals surface area contributed by atoms with Crippen LogP contribution in [0.2, 0.25) is 0 Å². The van der Waals surface area contributed by atoms with Crippen molar-refractivity contribution >= 4 is 29.2 Å². The number of hydrogen-bond acceptors (Lipinski definition) is 3. The monoisotopic (exact) mass is 186 g/mol. The third-order valence-electron chi connectivity index (χ3n) is 1.13. The molecule has 0 aromatic carbocycles. The average Bonchev–Trinajstić information content (AvgIpc) is 1.63. The minimum absolute atomic E-state index is 0. The second-order valence-electron chi connectivity index (χ2n) is 2.08. The third kappa shape index (κ3) is 7.18. The molecule has 2 nitrogen and oxygen atoms in total. The zero-order valence-corrected chi connectivity index (χ0v) is 10.2. The molecular formula is C5H11N2NaS2. The van der Waals surface area contributed by atoms with Crippen LogP contribution in [0.4, 0.5) is 0 Å². The largest absolute Gasteiger partial charge is 1.00 e. The summed E-state index contributed by atoms with van der Waals surface area (Å²) in [5.74, 6) is 0. The van der Waals surface area contributed by atoms with Crippen LogP contribution >= 0.6 is 12.2 Å². The minimum Gasteiger partial charge on any atom is -0.412 e. The summed E-state index contributed by atoms with van der Waals surface area (Å²) in [7, 11) is 0. The molecule has 0 rings (SSSR count). The Morgan fingerprint density at radius 2 is 2.00 bits per heavy atom. The SMILES string of the molecule is CC(N)C(C)NC(=S)[S-].[Na+]. The fourth-order valence-electron chi connectivity index (χ4n) is 0.317. The average molecular weight is 186 g/mol. The summed E-state index contributed by atoms with van der Waals surface area (Å²) in [6.07, 6.45) is 0. The number of nitrogens with two attached hydrogens (primary N) is 1. The summed E-state index contributed by atoms with van der Waals surface area (Å²) in [5.41, 5.74) is 5.52. The van der Waals surface area contributed by atoms with Crippen molar-refractivity contribution in [1.29, 1.82) is 0 Å². The fraction of sp³-hybridized carbons (Fsp3) is 0.800. The van der Waals surface area contributed by atoms with Gasteiger partial charge in [0.25, 0.3) is 0 Å². The number of nitrogens with one attached hydrogen (secondary N) is 1. The van der Waals surface area contributed by atoms with Gasteiger partial charge in [-0.15, -0.1) is 0 Å². The van der Waals surface area contributed by atoms with Gasteiger partial charge in [-0.2, -0.15) is 0 Å². The Labute approximate surface area is 95.0 Å². The maximum absolute atomic E-state index is 5.52. The van der Waals surface area contributed by atoms with E-state index in [-0.39, 0.29) is 41.6 Å². The van der Waals surface area contributed by atoms with Crippen LogP contribution in [-0.2, 0) is 12.6 Å². The van der Waals surface area contributed by atoms with Crippen molar-refractivity contribution in [3.8, 4) is 0 Å². The third-order valence-corrected chi connectivity index (χ3v) is 1.37. The van der Waals surface area contributed by atoms with E-state index in [1.54, 1.807) is 0 Å². The molecule has 0 aliphatic heterocycles. The van der Waals surface area contributed by atoms with E-state index >= 15 is 0 Å².